The predicted molar refractivity (Wildman–Crippen MR) is 101 cm³/mol. The molecule has 7 heteroatoms. The van der Waals surface area contributed by atoms with Gasteiger partial charge >= 0.3 is 0 Å². The minimum Gasteiger partial charge on any atom is -0.378 e. The molecule has 2 aromatic rings. The molecule has 0 bridgehead atoms. The van der Waals surface area contributed by atoms with Crippen molar-refractivity contribution in [2.24, 2.45) is 0 Å². The molecule has 0 saturated carbocycles. The zero-order valence-electron chi connectivity index (χ0n) is 15.2. The predicted octanol–water partition coefficient (Wildman–Crippen LogP) is 1.79. The summed E-state index contributed by atoms with van der Waals surface area (Å²) in [7, 11) is 0. The first-order valence-electron chi connectivity index (χ1n) is 8.82. The molecule has 2 heterocycles. The van der Waals surface area contributed by atoms with Gasteiger partial charge < -0.3 is 19.9 Å². The number of anilines is 2. The lowest BCUT2D eigenvalue weighted by atomic mass is 10.1. The summed E-state index contributed by atoms with van der Waals surface area (Å²) in [4.78, 5) is 33.4. The number of carbonyl (C=O) groups excluding carboxylic acids is 1. The number of carbonyl (C=O) groups is 1. The smallest absolute Gasteiger partial charge is 0.254 e. The third-order valence-corrected chi connectivity index (χ3v) is 4.47. The average Bonchev–Trinajstić information content (AvgIpc) is 2.62. The summed E-state index contributed by atoms with van der Waals surface area (Å²) in [5.41, 5.74) is 2.94. The fourth-order valence-corrected chi connectivity index (χ4v) is 3.08. The Morgan fingerprint density at radius 2 is 1.92 bits per heavy atom. The van der Waals surface area contributed by atoms with E-state index in [4.69, 9.17) is 4.74 Å². The minimum atomic E-state index is -0.169. The van der Waals surface area contributed by atoms with Gasteiger partial charge in [-0.2, -0.15) is 0 Å². The van der Waals surface area contributed by atoms with Crippen LogP contribution in [0.4, 0.5) is 11.4 Å². The molecule has 2 N–H and O–H groups in total. The number of nitrogens with one attached hydrogen (secondary N) is 2. The number of morpholine rings is 1. The fourth-order valence-electron chi connectivity index (χ4n) is 3.08. The zero-order chi connectivity index (χ0) is 18.5. The molecular weight excluding hydrogens is 332 g/mol. The molecule has 1 aromatic carbocycles. The number of aromatic nitrogens is 2. The summed E-state index contributed by atoms with van der Waals surface area (Å²) in [6.07, 6.45) is 0.603. The van der Waals surface area contributed by atoms with Gasteiger partial charge in [-0.15, -0.1) is 0 Å². The molecule has 1 aliphatic rings. The van der Waals surface area contributed by atoms with Crippen LogP contribution in [0.15, 0.2) is 29.1 Å². The maximum Gasteiger partial charge on any atom is 0.254 e. The molecule has 1 aromatic heterocycles. The maximum absolute atomic E-state index is 12.2. The third kappa shape index (κ3) is 4.49. The van der Waals surface area contributed by atoms with E-state index in [0.29, 0.717) is 23.5 Å². The summed E-state index contributed by atoms with van der Waals surface area (Å²) >= 11 is 0. The number of hydrogen-bond acceptors (Lipinski definition) is 5. The molecule has 0 spiro atoms. The first kappa shape index (κ1) is 18.1. The zero-order valence-corrected chi connectivity index (χ0v) is 15.2. The van der Waals surface area contributed by atoms with Crippen LogP contribution in [0.1, 0.15) is 23.5 Å². The van der Waals surface area contributed by atoms with Crippen LogP contribution < -0.4 is 15.8 Å². The topological polar surface area (TPSA) is 87.3 Å². The van der Waals surface area contributed by atoms with E-state index in [2.05, 4.69) is 20.2 Å². The standard InChI is InChI=1S/C19H24N4O3/c1-13-17(19(25)21-14(2)20-13)7-8-18(24)22-15-3-5-16(6-4-15)23-9-11-26-12-10-23/h3-6H,7-12H2,1-2H3,(H,22,24)(H,20,21,25). The lowest BCUT2D eigenvalue weighted by molar-refractivity contribution is -0.116. The van der Waals surface area contributed by atoms with Gasteiger partial charge in [-0.3, -0.25) is 9.59 Å². The van der Waals surface area contributed by atoms with E-state index >= 15 is 0 Å². The van der Waals surface area contributed by atoms with Gasteiger partial charge in [0.2, 0.25) is 5.91 Å². The van der Waals surface area contributed by atoms with Gasteiger partial charge in [0.1, 0.15) is 5.82 Å². The highest BCUT2D eigenvalue weighted by Gasteiger charge is 2.12. The molecule has 1 fully saturated rings. The lowest BCUT2D eigenvalue weighted by Crippen LogP contribution is -2.36. The van der Waals surface area contributed by atoms with Gasteiger partial charge in [0.25, 0.3) is 5.56 Å². The first-order chi connectivity index (χ1) is 12.5. The van der Waals surface area contributed by atoms with Crippen molar-refractivity contribution < 1.29 is 9.53 Å². The van der Waals surface area contributed by atoms with Crippen LogP contribution in [-0.4, -0.2) is 42.2 Å². The monoisotopic (exact) mass is 356 g/mol. The molecule has 0 unspecified atom stereocenters. The summed E-state index contributed by atoms with van der Waals surface area (Å²) in [5.74, 6) is 0.463. The molecule has 138 valence electrons. The van der Waals surface area contributed by atoms with Crippen LogP contribution in [0.5, 0.6) is 0 Å². The number of H-pyrrole nitrogens is 1. The Balaban J connectivity index is 1.56. The molecule has 1 amide bonds. The van der Waals surface area contributed by atoms with Gasteiger partial charge in [-0.1, -0.05) is 0 Å². The Morgan fingerprint density at radius 1 is 1.23 bits per heavy atom. The molecule has 7 nitrogen and oxygen atoms in total. The summed E-state index contributed by atoms with van der Waals surface area (Å²) in [6, 6.07) is 7.79. The van der Waals surface area contributed by atoms with Crippen molar-refractivity contribution in [1.29, 1.82) is 0 Å². The SMILES string of the molecule is Cc1nc(C)c(CCC(=O)Nc2ccc(N3CCOCC3)cc2)c(=O)[nH]1. The number of benzene rings is 1. The van der Waals surface area contributed by atoms with E-state index in [0.717, 1.165) is 37.7 Å². The maximum atomic E-state index is 12.2. The Labute approximate surface area is 152 Å². The molecule has 0 atom stereocenters. The van der Waals surface area contributed by atoms with Crippen molar-refractivity contribution in [3.63, 3.8) is 0 Å². The van der Waals surface area contributed by atoms with E-state index in [9.17, 15) is 9.59 Å². The highest BCUT2D eigenvalue weighted by Crippen LogP contribution is 2.19. The minimum absolute atomic E-state index is 0.122. The number of rotatable bonds is 5. The second kappa shape index (κ2) is 8.14. The van der Waals surface area contributed by atoms with Gasteiger partial charge in [-0.25, -0.2) is 4.98 Å². The molecule has 1 aliphatic heterocycles. The van der Waals surface area contributed by atoms with E-state index < -0.39 is 0 Å². The van der Waals surface area contributed by atoms with E-state index in [-0.39, 0.29) is 17.9 Å². The molecule has 1 saturated heterocycles. The fraction of sp³-hybridized carbons (Fsp3) is 0.421. The van der Waals surface area contributed by atoms with Crippen molar-refractivity contribution in [3.05, 3.63) is 51.7 Å². The van der Waals surface area contributed by atoms with Gasteiger partial charge in [0.05, 0.1) is 13.2 Å². The number of aryl methyl sites for hydroxylation is 2. The summed E-state index contributed by atoms with van der Waals surface area (Å²) in [5, 5.41) is 2.88. The molecule has 0 aliphatic carbocycles. The Hall–Kier alpha value is -2.67. The van der Waals surface area contributed by atoms with E-state index in [1.54, 1.807) is 13.8 Å². The van der Waals surface area contributed by atoms with Crippen LogP contribution in [0.3, 0.4) is 0 Å². The van der Waals surface area contributed by atoms with Crippen molar-refractivity contribution in [2.45, 2.75) is 26.7 Å². The lowest BCUT2D eigenvalue weighted by Gasteiger charge is -2.28. The van der Waals surface area contributed by atoms with Crippen LogP contribution in [0.2, 0.25) is 0 Å². The Bertz CT molecular complexity index is 824. The largest absolute Gasteiger partial charge is 0.378 e. The normalized spacial score (nSPS) is 14.3. The molecular formula is C19H24N4O3. The molecule has 0 radical (unpaired) electrons. The quantitative estimate of drug-likeness (QED) is 0.853. The number of ether oxygens (including phenoxy) is 1. The van der Waals surface area contributed by atoms with Crippen molar-refractivity contribution in [3.8, 4) is 0 Å². The highest BCUT2D eigenvalue weighted by molar-refractivity contribution is 5.91. The highest BCUT2D eigenvalue weighted by atomic mass is 16.5. The van der Waals surface area contributed by atoms with Gasteiger partial charge in [0, 0.05) is 42.1 Å². The first-order valence-corrected chi connectivity index (χ1v) is 8.82. The van der Waals surface area contributed by atoms with Crippen molar-refractivity contribution in [2.75, 3.05) is 36.5 Å². The van der Waals surface area contributed by atoms with Gasteiger partial charge in [0.15, 0.2) is 0 Å². The van der Waals surface area contributed by atoms with E-state index in [1.807, 2.05) is 24.3 Å². The number of aromatic amines is 1. The van der Waals surface area contributed by atoms with Crippen LogP contribution >= 0.6 is 0 Å². The number of amides is 1. The third-order valence-electron chi connectivity index (χ3n) is 4.47. The number of nitrogens with zero attached hydrogens (tertiary/aromatic N) is 2. The second-order valence-corrected chi connectivity index (χ2v) is 6.41. The van der Waals surface area contributed by atoms with E-state index in [1.165, 1.54) is 0 Å². The summed E-state index contributed by atoms with van der Waals surface area (Å²) < 4.78 is 5.36. The molecule has 3 rings (SSSR count). The average molecular weight is 356 g/mol. The van der Waals surface area contributed by atoms with Crippen LogP contribution in [0, 0.1) is 13.8 Å². The number of hydrogen-bond donors (Lipinski definition) is 2. The second-order valence-electron chi connectivity index (χ2n) is 6.41. The van der Waals surface area contributed by atoms with Crippen molar-refractivity contribution >= 4 is 17.3 Å². The Morgan fingerprint density at radius 3 is 2.58 bits per heavy atom. The molecule has 26 heavy (non-hydrogen) atoms. The summed E-state index contributed by atoms with van der Waals surface area (Å²) in [6.45, 7) is 6.77. The van der Waals surface area contributed by atoms with Crippen LogP contribution in [-0.2, 0) is 16.0 Å². The Kier molecular flexibility index (Phi) is 5.68. The van der Waals surface area contributed by atoms with Gasteiger partial charge in [-0.05, 0) is 44.5 Å². The van der Waals surface area contributed by atoms with Crippen molar-refractivity contribution in [1.82, 2.24) is 9.97 Å². The van der Waals surface area contributed by atoms with Crippen LogP contribution in [0.25, 0.3) is 0 Å².